The molecule has 0 bridgehead atoms. The van der Waals surface area contributed by atoms with Crippen molar-refractivity contribution in [3.8, 4) is 0 Å². The first-order chi connectivity index (χ1) is 32.0. The first-order valence-electron chi connectivity index (χ1n) is 26.4. The highest BCUT2D eigenvalue weighted by Gasteiger charge is 2.19. The number of unbranched alkanes of at least 4 members (excludes halogenated alkanes) is 17. The lowest BCUT2D eigenvalue weighted by atomic mass is 10.1. The van der Waals surface area contributed by atoms with Gasteiger partial charge in [0.15, 0.2) is 6.10 Å². The molecule has 0 aliphatic carbocycles. The molecular formula is C59H96O6. The summed E-state index contributed by atoms with van der Waals surface area (Å²) in [4.78, 5) is 38.0. The van der Waals surface area contributed by atoms with Crippen molar-refractivity contribution in [3.05, 3.63) is 109 Å². The Hall–Kier alpha value is -3.93. The Morgan fingerprint density at radius 3 is 1.02 bits per heavy atom. The molecule has 0 aromatic carbocycles. The molecule has 0 radical (unpaired) electrons. The Bertz CT molecular complexity index is 1360. The van der Waals surface area contributed by atoms with Gasteiger partial charge in [-0.2, -0.15) is 0 Å². The first kappa shape index (κ1) is 61.1. The van der Waals surface area contributed by atoms with Gasteiger partial charge in [0.25, 0.3) is 0 Å². The molecule has 0 saturated carbocycles. The molecule has 0 heterocycles. The van der Waals surface area contributed by atoms with Gasteiger partial charge in [-0.25, -0.2) is 0 Å². The van der Waals surface area contributed by atoms with Crippen LogP contribution in [0.1, 0.15) is 226 Å². The highest BCUT2D eigenvalue weighted by molar-refractivity contribution is 5.71. The smallest absolute Gasteiger partial charge is 0.306 e. The predicted molar refractivity (Wildman–Crippen MR) is 279 cm³/mol. The van der Waals surface area contributed by atoms with E-state index in [2.05, 4.69) is 130 Å². The van der Waals surface area contributed by atoms with Crippen molar-refractivity contribution in [1.82, 2.24) is 0 Å². The molecule has 0 spiro atoms. The van der Waals surface area contributed by atoms with E-state index in [1.807, 2.05) is 0 Å². The number of carbonyl (C=O) groups is 3. The lowest BCUT2D eigenvalue weighted by Gasteiger charge is -2.18. The summed E-state index contributed by atoms with van der Waals surface area (Å²) < 4.78 is 16.7. The summed E-state index contributed by atoms with van der Waals surface area (Å²) in [6.07, 6.45) is 70.7. The van der Waals surface area contributed by atoms with E-state index in [0.29, 0.717) is 19.3 Å². The lowest BCUT2D eigenvalue weighted by molar-refractivity contribution is -0.167. The van der Waals surface area contributed by atoms with Gasteiger partial charge in [0.05, 0.1) is 0 Å². The van der Waals surface area contributed by atoms with Gasteiger partial charge in [0.1, 0.15) is 13.2 Å². The van der Waals surface area contributed by atoms with Gasteiger partial charge in [-0.05, 0) is 122 Å². The molecule has 0 unspecified atom stereocenters. The number of rotatable bonds is 46. The predicted octanol–water partition coefficient (Wildman–Crippen LogP) is 17.5. The lowest BCUT2D eigenvalue weighted by Crippen LogP contribution is -2.30. The summed E-state index contributed by atoms with van der Waals surface area (Å²) in [6, 6.07) is 0. The summed E-state index contributed by atoms with van der Waals surface area (Å²) in [5.74, 6) is -0.974. The molecule has 65 heavy (non-hydrogen) atoms. The van der Waals surface area contributed by atoms with E-state index in [9.17, 15) is 14.4 Å². The summed E-state index contributed by atoms with van der Waals surface area (Å²) in [5, 5.41) is 0. The quantitative estimate of drug-likeness (QED) is 0.0262. The third-order valence-electron chi connectivity index (χ3n) is 10.7. The molecular weight excluding hydrogens is 805 g/mol. The zero-order valence-corrected chi connectivity index (χ0v) is 42.0. The number of esters is 3. The van der Waals surface area contributed by atoms with Gasteiger partial charge >= 0.3 is 17.9 Å². The molecule has 0 amide bonds. The maximum Gasteiger partial charge on any atom is 0.306 e. The molecule has 368 valence electrons. The Morgan fingerprint density at radius 1 is 0.323 bits per heavy atom. The summed E-state index contributed by atoms with van der Waals surface area (Å²) in [5.41, 5.74) is 0. The van der Waals surface area contributed by atoms with E-state index in [-0.39, 0.29) is 31.1 Å². The molecule has 0 aliphatic heterocycles. The highest BCUT2D eigenvalue weighted by Crippen LogP contribution is 2.12. The molecule has 6 nitrogen and oxygen atoms in total. The second kappa shape index (κ2) is 52.7. The Morgan fingerprint density at radius 2 is 0.615 bits per heavy atom. The number of ether oxygens (including phenoxy) is 3. The Balaban J connectivity index is 4.49. The van der Waals surface area contributed by atoms with Gasteiger partial charge in [-0.3, -0.25) is 14.4 Å². The van der Waals surface area contributed by atoms with Crippen LogP contribution in [0.25, 0.3) is 0 Å². The topological polar surface area (TPSA) is 78.9 Å². The average Bonchev–Trinajstić information content (AvgIpc) is 3.30. The molecule has 6 heteroatoms. The highest BCUT2D eigenvalue weighted by atomic mass is 16.6. The fourth-order valence-corrected chi connectivity index (χ4v) is 6.75. The number of carbonyl (C=O) groups excluding carboxylic acids is 3. The molecule has 0 aliphatic rings. The van der Waals surface area contributed by atoms with Crippen molar-refractivity contribution in [2.24, 2.45) is 0 Å². The van der Waals surface area contributed by atoms with Crippen LogP contribution in [-0.2, 0) is 28.6 Å². The van der Waals surface area contributed by atoms with Crippen LogP contribution in [0.15, 0.2) is 109 Å². The van der Waals surface area contributed by atoms with Gasteiger partial charge in [-0.15, -0.1) is 0 Å². The van der Waals surface area contributed by atoms with Crippen molar-refractivity contribution in [1.29, 1.82) is 0 Å². The fraction of sp³-hybridized carbons (Fsp3) is 0.644. The van der Waals surface area contributed by atoms with Crippen molar-refractivity contribution >= 4 is 17.9 Å². The summed E-state index contributed by atoms with van der Waals surface area (Å²) in [7, 11) is 0. The van der Waals surface area contributed by atoms with Crippen LogP contribution in [0, 0.1) is 0 Å². The van der Waals surface area contributed by atoms with Crippen LogP contribution in [-0.4, -0.2) is 37.2 Å². The standard InChI is InChI=1S/C59H96O6/c1-4-7-10-13-16-19-22-24-26-28-29-31-32-34-37-40-43-46-49-52-58(61)64-55-56(54-63-57(60)51-48-45-42-39-36-21-18-15-12-9-6-3)65-59(62)53-50-47-44-41-38-35-33-30-27-25-23-20-17-14-11-8-5-2/h7,10,15-20,24-27,29,31,33-35,37,56H,4-6,8-9,11-14,21-23,28,30,32,36,38-55H2,1-3H3/b10-7-,18-15-,19-16-,20-17-,26-24-,27-25-,31-29-,35-33-,37-34-/t56-/m0/s1. The Labute approximate surface area is 400 Å². The van der Waals surface area contributed by atoms with Gasteiger partial charge in [0, 0.05) is 19.3 Å². The zero-order chi connectivity index (χ0) is 47.2. The van der Waals surface area contributed by atoms with Crippen LogP contribution in [0.2, 0.25) is 0 Å². The largest absolute Gasteiger partial charge is 0.462 e. The zero-order valence-electron chi connectivity index (χ0n) is 42.0. The first-order valence-corrected chi connectivity index (χ1v) is 26.4. The van der Waals surface area contributed by atoms with Crippen LogP contribution in [0.5, 0.6) is 0 Å². The third kappa shape index (κ3) is 50.9. The summed E-state index contributed by atoms with van der Waals surface area (Å²) in [6.45, 7) is 6.39. The minimum Gasteiger partial charge on any atom is -0.462 e. The third-order valence-corrected chi connectivity index (χ3v) is 10.7. The van der Waals surface area contributed by atoms with Crippen molar-refractivity contribution in [2.45, 2.75) is 232 Å². The maximum atomic E-state index is 12.8. The molecule has 0 fully saturated rings. The van der Waals surface area contributed by atoms with E-state index in [0.717, 1.165) is 135 Å². The monoisotopic (exact) mass is 901 g/mol. The number of hydrogen-bond donors (Lipinski definition) is 0. The molecule has 0 saturated heterocycles. The van der Waals surface area contributed by atoms with Crippen LogP contribution < -0.4 is 0 Å². The van der Waals surface area contributed by atoms with Gasteiger partial charge < -0.3 is 14.2 Å². The molecule has 0 aromatic heterocycles. The second-order valence-electron chi connectivity index (χ2n) is 17.0. The average molecular weight is 901 g/mol. The molecule has 0 rings (SSSR count). The second-order valence-corrected chi connectivity index (χ2v) is 17.0. The normalized spacial score (nSPS) is 13.0. The van der Waals surface area contributed by atoms with Crippen LogP contribution in [0.3, 0.4) is 0 Å². The SMILES string of the molecule is CC/C=C\C/C=C\C/C=C\C/C=C\C/C=C\CCCCCC(=O)OC[C@H](COC(=O)CCCCCCC/C=C\CCCC)OC(=O)CCCCCC/C=C\C/C=C\C/C=C\CCCCC. The molecule has 0 N–H and O–H groups in total. The fourth-order valence-electron chi connectivity index (χ4n) is 6.75. The minimum atomic E-state index is -0.808. The van der Waals surface area contributed by atoms with Crippen LogP contribution in [0.4, 0.5) is 0 Å². The van der Waals surface area contributed by atoms with E-state index in [1.165, 1.54) is 51.4 Å². The number of allylic oxidation sites excluding steroid dienone is 18. The van der Waals surface area contributed by atoms with E-state index < -0.39 is 6.10 Å². The van der Waals surface area contributed by atoms with E-state index >= 15 is 0 Å². The number of hydrogen-bond acceptors (Lipinski definition) is 6. The van der Waals surface area contributed by atoms with E-state index in [4.69, 9.17) is 14.2 Å². The van der Waals surface area contributed by atoms with Crippen molar-refractivity contribution < 1.29 is 28.6 Å². The van der Waals surface area contributed by atoms with Crippen LogP contribution >= 0.6 is 0 Å². The molecule has 1 atom stereocenters. The van der Waals surface area contributed by atoms with E-state index in [1.54, 1.807) is 0 Å². The van der Waals surface area contributed by atoms with Gasteiger partial charge in [-0.1, -0.05) is 194 Å². The van der Waals surface area contributed by atoms with Crippen molar-refractivity contribution in [3.63, 3.8) is 0 Å². The van der Waals surface area contributed by atoms with Gasteiger partial charge in [0.2, 0.25) is 0 Å². The van der Waals surface area contributed by atoms with Crippen molar-refractivity contribution in [2.75, 3.05) is 13.2 Å². The maximum absolute atomic E-state index is 12.8. The molecule has 0 aromatic rings. The Kier molecular flexibility index (Phi) is 49.5. The minimum absolute atomic E-state index is 0.104. The summed E-state index contributed by atoms with van der Waals surface area (Å²) >= 11 is 0.